The van der Waals surface area contributed by atoms with Crippen molar-refractivity contribution < 1.29 is 19.2 Å². The normalized spacial score (nSPS) is 13.0. The second-order valence-electron chi connectivity index (χ2n) is 11.0. The lowest BCUT2D eigenvalue weighted by Gasteiger charge is -2.25. The highest BCUT2D eigenvalue weighted by Gasteiger charge is 2.30. The predicted octanol–water partition coefficient (Wildman–Crippen LogP) is 1.31. The summed E-state index contributed by atoms with van der Waals surface area (Å²) in [6.45, 7) is 6.12. The minimum Gasteiger partial charge on any atom is -0.370 e. The van der Waals surface area contributed by atoms with Crippen LogP contribution in [0.15, 0.2) is 24.3 Å². The fraction of sp³-hybridized carbons (Fsp3) is 0.552. The van der Waals surface area contributed by atoms with Gasteiger partial charge < -0.3 is 38.1 Å². The highest BCUT2D eigenvalue weighted by atomic mass is 32.1. The number of para-hydroxylation sites is 1. The highest BCUT2D eigenvalue weighted by Crippen LogP contribution is 2.23. The number of hydrogen-bond acceptors (Lipinski definition) is 8. The molecule has 3 amide bonds. The molecule has 44 heavy (non-hydrogen) atoms. The van der Waals surface area contributed by atoms with E-state index < -0.39 is 29.9 Å². The Bertz CT molecular complexity index is 1260. The third kappa shape index (κ3) is 12.9. The van der Waals surface area contributed by atoms with Gasteiger partial charge in [0.1, 0.15) is 12.1 Å². The minimum atomic E-state index is -0.943. The second kappa shape index (κ2) is 18.4. The van der Waals surface area contributed by atoms with Crippen LogP contribution < -0.4 is 38.1 Å². The molecule has 0 fully saturated rings. The van der Waals surface area contributed by atoms with Crippen molar-refractivity contribution in [1.82, 2.24) is 31.6 Å². The van der Waals surface area contributed by atoms with Crippen molar-refractivity contribution in [3.63, 3.8) is 0 Å². The molecule has 0 aliphatic carbocycles. The minimum absolute atomic E-state index is 0.143. The number of unbranched alkanes of at least 4 members (excludes halogenated alkanes) is 1. The fourth-order valence-corrected chi connectivity index (χ4v) is 5.41. The number of guanidine groups is 2. The Morgan fingerprint density at radius 3 is 1.95 bits per heavy atom. The van der Waals surface area contributed by atoms with Crippen molar-refractivity contribution in [3.8, 4) is 0 Å². The summed E-state index contributed by atoms with van der Waals surface area (Å²) in [4.78, 5) is 56.9. The van der Waals surface area contributed by atoms with Crippen LogP contribution in [0.5, 0.6) is 0 Å². The third-order valence-electron chi connectivity index (χ3n) is 6.72. The molecule has 14 nitrogen and oxygen atoms in total. The summed E-state index contributed by atoms with van der Waals surface area (Å²) in [5.41, 5.74) is 11.4. The van der Waals surface area contributed by atoms with Crippen molar-refractivity contribution in [2.24, 2.45) is 17.4 Å². The molecule has 1 aromatic heterocycles. The number of thiazole rings is 1. The average molecular weight is 631 g/mol. The number of nitrogens with one attached hydrogen (secondary N) is 7. The first-order valence-corrected chi connectivity index (χ1v) is 15.6. The molecule has 1 aromatic carbocycles. The Morgan fingerprint density at radius 1 is 0.795 bits per heavy atom. The van der Waals surface area contributed by atoms with Gasteiger partial charge in [-0.3, -0.25) is 30.0 Å². The fourth-order valence-electron chi connectivity index (χ4n) is 4.45. The number of fused-ring (bicyclic) bond motifs is 1. The molecule has 0 saturated carbocycles. The van der Waals surface area contributed by atoms with E-state index in [0.717, 1.165) is 4.70 Å². The summed E-state index contributed by atoms with van der Waals surface area (Å²) in [6, 6.07) is 4.66. The van der Waals surface area contributed by atoms with E-state index in [1.807, 2.05) is 38.1 Å². The molecule has 0 saturated heterocycles. The Labute approximate surface area is 261 Å². The summed E-state index contributed by atoms with van der Waals surface area (Å²) in [5.74, 6) is -1.81. The van der Waals surface area contributed by atoms with Gasteiger partial charge in [0, 0.05) is 20.0 Å². The molecule has 2 aromatic rings. The van der Waals surface area contributed by atoms with Crippen LogP contribution in [0.2, 0.25) is 0 Å². The van der Waals surface area contributed by atoms with E-state index in [0.29, 0.717) is 57.1 Å². The maximum absolute atomic E-state index is 13.7. The Kier molecular flexibility index (Phi) is 15.0. The lowest BCUT2D eigenvalue weighted by Crippen LogP contribution is -2.55. The molecule has 0 bridgehead atoms. The summed E-state index contributed by atoms with van der Waals surface area (Å²) in [7, 11) is 0. The van der Waals surface area contributed by atoms with Gasteiger partial charge in [0.25, 0.3) is 0 Å². The largest absolute Gasteiger partial charge is 0.370 e. The number of carbonyl (C=O) groups excluding carboxylic acids is 4. The Morgan fingerprint density at radius 2 is 1.36 bits per heavy atom. The van der Waals surface area contributed by atoms with Gasteiger partial charge >= 0.3 is 0 Å². The summed E-state index contributed by atoms with van der Waals surface area (Å²) in [5, 5.41) is 28.6. The van der Waals surface area contributed by atoms with Crippen molar-refractivity contribution in [2.75, 3.05) is 13.1 Å². The molecule has 3 atom stereocenters. The van der Waals surface area contributed by atoms with Crippen LogP contribution >= 0.6 is 11.3 Å². The quantitative estimate of drug-likeness (QED) is 0.0469. The van der Waals surface area contributed by atoms with Crippen molar-refractivity contribution >= 4 is 57.0 Å². The summed E-state index contributed by atoms with van der Waals surface area (Å²) in [6.07, 6.45) is 3.17. The Balaban J connectivity index is 2.21. The zero-order valence-corrected chi connectivity index (χ0v) is 26.4. The molecular formula is C29H46N10O4S. The van der Waals surface area contributed by atoms with Gasteiger partial charge in [-0.15, -0.1) is 11.3 Å². The van der Waals surface area contributed by atoms with Crippen molar-refractivity contribution in [1.29, 1.82) is 10.8 Å². The van der Waals surface area contributed by atoms with Crippen molar-refractivity contribution in [2.45, 2.75) is 83.8 Å². The first kappa shape index (κ1) is 35.9. The number of hydrogen-bond donors (Lipinski definition) is 9. The van der Waals surface area contributed by atoms with Gasteiger partial charge in [-0.1, -0.05) is 26.0 Å². The smallest absolute Gasteiger partial charge is 0.243 e. The topological polar surface area (TPSA) is 241 Å². The van der Waals surface area contributed by atoms with Crippen LogP contribution in [0.4, 0.5) is 0 Å². The van der Waals surface area contributed by atoms with E-state index >= 15 is 0 Å². The van der Waals surface area contributed by atoms with Crippen LogP contribution in [-0.2, 0) is 14.4 Å². The molecule has 1 unspecified atom stereocenters. The molecule has 0 aliphatic heterocycles. The van der Waals surface area contributed by atoms with E-state index in [2.05, 4.69) is 31.6 Å². The van der Waals surface area contributed by atoms with Crippen LogP contribution in [0, 0.1) is 16.7 Å². The SMILES string of the molecule is CC(=O)N[C@@H](CCCCNC(=N)N)C(=O)N[C@@H](CCC(C)C)C(=O)NC(CCCNC(=N)N)C(=O)c1nc2ccccc2s1. The van der Waals surface area contributed by atoms with Crippen LogP contribution in [0.1, 0.15) is 75.5 Å². The van der Waals surface area contributed by atoms with Crippen molar-refractivity contribution in [3.05, 3.63) is 29.3 Å². The van der Waals surface area contributed by atoms with Gasteiger partial charge in [-0.05, 0) is 63.0 Å². The predicted molar refractivity (Wildman–Crippen MR) is 172 cm³/mol. The molecule has 242 valence electrons. The highest BCUT2D eigenvalue weighted by molar-refractivity contribution is 7.20. The number of benzene rings is 1. The van der Waals surface area contributed by atoms with E-state index in [9.17, 15) is 19.2 Å². The lowest BCUT2D eigenvalue weighted by molar-refractivity contribution is -0.132. The first-order valence-electron chi connectivity index (χ1n) is 14.8. The molecule has 0 radical (unpaired) electrons. The average Bonchev–Trinajstić information content (AvgIpc) is 3.39. The molecule has 2 rings (SSSR count). The van der Waals surface area contributed by atoms with Crippen LogP contribution in [0.3, 0.4) is 0 Å². The van der Waals surface area contributed by atoms with Gasteiger partial charge in [0.2, 0.25) is 23.5 Å². The number of amides is 3. The van der Waals surface area contributed by atoms with E-state index in [4.69, 9.17) is 22.3 Å². The zero-order chi connectivity index (χ0) is 32.6. The second-order valence-corrected chi connectivity index (χ2v) is 12.0. The molecule has 0 aliphatic rings. The van der Waals surface area contributed by atoms with E-state index in [1.54, 1.807) is 0 Å². The Hall–Kier alpha value is -4.27. The summed E-state index contributed by atoms with van der Waals surface area (Å²) >= 11 is 1.25. The number of carbonyl (C=O) groups is 4. The molecular weight excluding hydrogens is 584 g/mol. The van der Waals surface area contributed by atoms with E-state index in [-0.39, 0.29) is 41.0 Å². The van der Waals surface area contributed by atoms with Gasteiger partial charge in [-0.25, -0.2) is 4.98 Å². The number of aromatic nitrogens is 1. The number of ketones is 1. The van der Waals surface area contributed by atoms with Gasteiger partial charge in [-0.2, -0.15) is 0 Å². The lowest BCUT2D eigenvalue weighted by atomic mass is 10.0. The number of Topliss-reactive ketones (excluding diaryl/α,β-unsaturated/α-hetero) is 1. The molecule has 11 N–H and O–H groups in total. The molecule has 1 heterocycles. The molecule has 0 spiro atoms. The van der Waals surface area contributed by atoms with Gasteiger partial charge in [0.05, 0.1) is 16.3 Å². The maximum Gasteiger partial charge on any atom is 0.243 e. The number of nitrogens with two attached hydrogens (primary N) is 2. The maximum atomic E-state index is 13.7. The van der Waals surface area contributed by atoms with Crippen LogP contribution in [-0.4, -0.2) is 71.6 Å². The standard InChI is InChI=1S/C29H46N10O4S/c1-17(2)13-14-22(38-25(42)21(36-18(3)40)10-6-7-15-34-28(30)31)26(43)37-20(11-8-16-35-29(32)33)24(41)27-39-19-9-4-5-12-23(19)44-27/h4-5,9,12,17,20-22H,6-8,10-11,13-16H2,1-3H3,(H,36,40)(H,37,43)(H,38,42)(H4,30,31,34)(H4,32,33,35)/t20?,21-,22-/m0/s1. The number of nitrogens with zero attached hydrogens (tertiary/aromatic N) is 1. The monoisotopic (exact) mass is 630 g/mol. The third-order valence-corrected chi connectivity index (χ3v) is 7.77. The summed E-state index contributed by atoms with van der Waals surface area (Å²) < 4.78 is 0.849. The first-order chi connectivity index (χ1) is 20.9. The zero-order valence-electron chi connectivity index (χ0n) is 25.6. The number of rotatable bonds is 19. The van der Waals surface area contributed by atoms with E-state index in [1.165, 1.54) is 18.3 Å². The van der Waals surface area contributed by atoms with Crippen LogP contribution in [0.25, 0.3) is 10.2 Å². The molecule has 15 heteroatoms. The van der Waals surface area contributed by atoms with Gasteiger partial charge in [0.15, 0.2) is 16.9 Å².